The van der Waals surface area contributed by atoms with Gasteiger partial charge in [0.15, 0.2) is 0 Å². The molecular weight excluding hydrogens is 336 g/mol. The molecule has 0 aliphatic heterocycles. The first-order chi connectivity index (χ1) is 12.5. The van der Waals surface area contributed by atoms with Crippen LogP contribution in [0.25, 0.3) is 0 Å². The first kappa shape index (κ1) is 19.6. The van der Waals surface area contributed by atoms with Gasteiger partial charge in [-0.1, -0.05) is 18.2 Å². The fourth-order valence-corrected chi connectivity index (χ4v) is 2.46. The van der Waals surface area contributed by atoms with E-state index in [2.05, 4.69) is 5.32 Å². The fraction of sp³-hybridized carbons (Fsp3) is 0.316. The highest BCUT2D eigenvalue weighted by molar-refractivity contribution is 6.05. The minimum absolute atomic E-state index is 0.0749. The van der Waals surface area contributed by atoms with Gasteiger partial charge < -0.3 is 14.8 Å². The molecule has 0 heterocycles. The van der Waals surface area contributed by atoms with Gasteiger partial charge in [-0.3, -0.25) is 14.9 Å². The highest BCUT2D eigenvalue weighted by Gasteiger charge is 2.18. The predicted molar refractivity (Wildman–Crippen MR) is 98.4 cm³/mol. The van der Waals surface area contributed by atoms with Crippen molar-refractivity contribution >= 4 is 17.3 Å². The number of benzene rings is 2. The topological polar surface area (TPSA) is 90.7 Å². The Bertz CT molecular complexity index is 776. The van der Waals surface area contributed by atoms with Gasteiger partial charge in [0.25, 0.3) is 11.6 Å². The van der Waals surface area contributed by atoms with Crippen molar-refractivity contribution in [3.63, 3.8) is 0 Å². The number of carbonyl (C=O) groups is 1. The molecular formula is C19H22N2O5. The number of nitrogens with zero attached hydrogens (tertiary/aromatic N) is 1. The van der Waals surface area contributed by atoms with Crippen LogP contribution >= 0.6 is 0 Å². The summed E-state index contributed by atoms with van der Waals surface area (Å²) in [6.07, 6.45) is 0. The van der Waals surface area contributed by atoms with Crippen molar-refractivity contribution < 1.29 is 19.2 Å². The van der Waals surface area contributed by atoms with Crippen LogP contribution < -0.4 is 5.32 Å². The summed E-state index contributed by atoms with van der Waals surface area (Å²) in [5.74, 6) is -0.388. The third-order valence-corrected chi connectivity index (χ3v) is 3.78. The van der Waals surface area contributed by atoms with Crippen LogP contribution in [0, 0.1) is 17.0 Å². The first-order valence-electron chi connectivity index (χ1n) is 8.32. The average molecular weight is 358 g/mol. The molecule has 2 aromatic rings. The second kappa shape index (κ2) is 9.65. The molecule has 1 amide bonds. The Morgan fingerprint density at radius 2 is 1.88 bits per heavy atom. The van der Waals surface area contributed by atoms with Crippen LogP contribution in [0.1, 0.15) is 28.4 Å². The third kappa shape index (κ3) is 5.37. The molecule has 0 unspecified atom stereocenters. The van der Waals surface area contributed by atoms with Gasteiger partial charge in [-0.15, -0.1) is 0 Å². The monoisotopic (exact) mass is 358 g/mol. The fourth-order valence-electron chi connectivity index (χ4n) is 2.46. The van der Waals surface area contributed by atoms with Crippen LogP contribution in [0.4, 0.5) is 11.4 Å². The van der Waals surface area contributed by atoms with Crippen molar-refractivity contribution in [3.8, 4) is 0 Å². The van der Waals surface area contributed by atoms with Crippen LogP contribution in [-0.2, 0) is 16.1 Å². The molecule has 2 rings (SSSR count). The van der Waals surface area contributed by atoms with E-state index in [1.54, 1.807) is 19.1 Å². The van der Waals surface area contributed by atoms with Crippen molar-refractivity contribution in [2.24, 2.45) is 0 Å². The van der Waals surface area contributed by atoms with Gasteiger partial charge in [0.2, 0.25) is 0 Å². The van der Waals surface area contributed by atoms with E-state index in [4.69, 9.17) is 9.47 Å². The molecule has 138 valence electrons. The molecule has 7 heteroatoms. The Morgan fingerprint density at radius 1 is 1.15 bits per heavy atom. The van der Waals surface area contributed by atoms with Gasteiger partial charge in [-0.05, 0) is 37.6 Å². The van der Waals surface area contributed by atoms with E-state index in [0.29, 0.717) is 37.7 Å². The number of nitro groups is 1. The number of nitrogens with one attached hydrogen (secondary N) is 1. The molecule has 0 aliphatic rings. The quantitative estimate of drug-likeness (QED) is 0.419. The van der Waals surface area contributed by atoms with Gasteiger partial charge in [0.05, 0.1) is 24.7 Å². The first-order valence-corrected chi connectivity index (χ1v) is 8.32. The molecule has 0 aromatic heterocycles. The van der Waals surface area contributed by atoms with E-state index in [1.807, 2.05) is 25.1 Å². The van der Waals surface area contributed by atoms with Crippen molar-refractivity contribution in [3.05, 3.63) is 69.3 Å². The number of ether oxygens (including phenoxy) is 2. The lowest BCUT2D eigenvalue weighted by Crippen LogP contribution is -2.14. The number of hydrogen-bond acceptors (Lipinski definition) is 5. The minimum Gasteiger partial charge on any atom is -0.379 e. The smallest absolute Gasteiger partial charge is 0.273 e. The minimum atomic E-state index is -0.494. The molecule has 0 atom stereocenters. The van der Waals surface area contributed by atoms with Gasteiger partial charge >= 0.3 is 0 Å². The van der Waals surface area contributed by atoms with E-state index in [9.17, 15) is 14.9 Å². The zero-order valence-corrected chi connectivity index (χ0v) is 14.9. The highest BCUT2D eigenvalue weighted by atomic mass is 16.6. The SMILES string of the molecule is CCOCCOCc1cccc(NC(=O)c2cccc([N+](=O)[O-])c2C)c1. The highest BCUT2D eigenvalue weighted by Crippen LogP contribution is 2.22. The molecule has 0 aliphatic carbocycles. The molecule has 0 saturated carbocycles. The van der Waals surface area contributed by atoms with Crippen LogP contribution in [0.15, 0.2) is 42.5 Å². The van der Waals surface area contributed by atoms with Crippen molar-refractivity contribution in [1.82, 2.24) is 0 Å². The molecule has 1 N–H and O–H groups in total. The number of anilines is 1. The summed E-state index contributed by atoms with van der Waals surface area (Å²) in [4.78, 5) is 23.0. The molecule has 0 bridgehead atoms. The number of nitro benzene ring substituents is 1. The zero-order chi connectivity index (χ0) is 18.9. The van der Waals surface area contributed by atoms with Gasteiger partial charge in [0.1, 0.15) is 0 Å². The van der Waals surface area contributed by atoms with Crippen LogP contribution in [-0.4, -0.2) is 30.7 Å². The number of hydrogen-bond donors (Lipinski definition) is 1. The van der Waals surface area contributed by atoms with Crippen LogP contribution in [0.3, 0.4) is 0 Å². The summed E-state index contributed by atoms with van der Waals surface area (Å²) in [5, 5.41) is 13.8. The lowest BCUT2D eigenvalue weighted by molar-refractivity contribution is -0.385. The summed E-state index contributed by atoms with van der Waals surface area (Å²) in [5.41, 5.74) is 2.05. The lowest BCUT2D eigenvalue weighted by atomic mass is 10.1. The van der Waals surface area contributed by atoms with E-state index in [1.165, 1.54) is 12.1 Å². The largest absolute Gasteiger partial charge is 0.379 e. The zero-order valence-electron chi connectivity index (χ0n) is 14.9. The number of amides is 1. The summed E-state index contributed by atoms with van der Waals surface area (Å²) in [6.45, 7) is 5.59. The third-order valence-electron chi connectivity index (χ3n) is 3.78. The molecule has 26 heavy (non-hydrogen) atoms. The molecule has 7 nitrogen and oxygen atoms in total. The Labute approximate surface area is 152 Å². The standard InChI is InChI=1S/C19H22N2O5/c1-3-25-10-11-26-13-15-6-4-7-16(12-15)20-19(22)17-8-5-9-18(14(17)2)21(23)24/h4-9,12H,3,10-11,13H2,1-2H3,(H,20,22). The van der Waals surface area contributed by atoms with E-state index >= 15 is 0 Å². The summed E-state index contributed by atoms with van der Waals surface area (Å²) >= 11 is 0. The molecule has 0 spiro atoms. The van der Waals surface area contributed by atoms with E-state index < -0.39 is 4.92 Å². The van der Waals surface area contributed by atoms with Crippen molar-refractivity contribution in [2.75, 3.05) is 25.1 Å². The number of carbonyl (C=O) groups excluding carboxylic acids is 1. The molecule has 2 aromatic carbocycles. The maximum Gasteiger partial charge on any atom is 0.273 e. The average Bonchev–Trinajstić information content (AvgIpc) is 2.61. The Kier molecular flexibility index (Phi) is 7.25. The molecule has 0 saturated heterocycles. The van der Waals surface area contributed by atoms with Gasteiger partial charge in [-0.25, -0.2) is 0 Å². The molecule has 0 fully saturated rings. The van der Waals surface area contributed by atoms with Gasteiger partial charge in [0, 0.05) is 29.5 Å². The normalized spacial score (nSPS) is 10.5. The second-order valence-electron chi connectivity index (χ2n) is 5.61. The summed E-state index contributed by atoms with van der Waals surface area (Å²) in [7, 11) is 0. The van der Waals surface area contributed by atoms with E-state index in [0.717, 1.165) is 5.56 Å². The summed E-state index contributed by atoms with van der Waals surface area (Å²) < 4.78 is 10.7. The van der Waals surface area contributed by atoms with E-state index in [-0.39, 0.29) is 17.2 Å². The summed E-state index contributed by atoms with van der Waals surface area (Å²) in [6, 6.07) is 11.7. The lowest BCUT2D eigenvalue weighted by Gasteiger charge is -2.10. The molecule has 0 radical (unpaired) electrons. The number of rotatable bonds is 9. The van der Waals surface area contributed by atoms with Crippen molar-refractivity contribution in [1.29, 1.82) is 0 Å². The Hall–Kier alpha value is -2.77. The van der Waals surface area contributed by atoms with Crippen LogP contribution in [0.2, 0.25) is 0 Å². The van der Waals surface area contributed by atoms with Crippen LogP contribution in [0.5, 0.6) is 0 Å². The van der Waals surface area contributed by atoms with Crippen molar-refractivity contribution in [2.45, 2.75) is 20.5 Å². The second-order valence-corrected chi connectivity index (χ2v) is 5.61. The maximum atomic E-state index is 12.5. The predicted octanol–water partition coefficient (Wildman–Crippen LogP) is 3.71. The van der Waals surface area contributed by atoms with Gasteiger partial charge in [-0.2, -0.15) is 0 Å². The Balaban J connectivity index is 2.02. The Morgan fingerprint density at radius 3 is 2.62 bits per heavy atom. The maximum absolute atomic E-state index is 12.5.